The van der Waals surface area contributed by atoms with Crippen molar-refractivity contribution < 1.29 is 17.9 Å². The quantitative estimate of drug-likeness (QED) is 0.443. The van der Waals surface area contributed by atoms with Crippen molar-refractivity contribution in [2.75, 3.05) is 38.5 Å². The highest BCUT2D eigenvalue weighted by atomic mass is 32.2. The van der Waals surface area contributed by atoms with Gasteiger partial charge in [-0.15, -0.1) is 0 Å². The predicted molar refractivity (Wildman–Crippen MR) is 124 cm³/mol. The van der Waals surface area contributed by atoms with Crippen LogP contribution in [0, 0.1) is 0 Å². The van der Waals surface area contributed by atoms with Crippen molar-refractivity contribution in [2.24, 2.45) is 0 Å². The minimum atomic E-state index is -3.66. The van der Waals surface area contributed by atoms with E-state index in [0.717, 1.165) is 25.9 Å². The van der Waals surface area contributed by atoms with E-state index in [0.29, 0.717) is 31.2 Å². The number of unbranched alkanes of at least 4 members (excludes halogenated alkanes) is 1. The molecule has 0 unspecified atom stereocenters. The van der Waals surface area contributed by atoms with Crippen LogP contribution in [0.2, 0.25) is 0 Å². The van der Waals surface area contributed by atoms with Gasteiger partial charge in [-0.1, -0.05) is 31.5 Å². The Bertz CT molecular complexity index is 747. The number of hydrogen-bond donors (Lipinski definition) is 0. The molecule has 1 aromatic carbocycles. The highest BCUT2D eigenvalue weighted by molar-refractivity contribution is 8.13. The molecule has 0 amide bonds. The Morgan fingerprint density at radius 1 is 1.20 bits per heavy atom. The van der Waals surface area contributed by atoms with Gasteiger partial charge in [0.05, 0.1) is 11.5 Å². The first-order chi connectivity index (χ1) is 14.3. The molecule has 0 aromatic heterocycles. The van der Waals surface area contributed by atoms with Crippen LogP contribution in [0.25, 0.3) is 0 Å². The van der Waals surface area contributed by atoms with E-state index in [1.807, 2.05) is 6.92 Å². The number of sulfonamides is 1. The minimum absolute atomic E-state index is 0.00353. The Hall–Kier alpha value is -1.09. The first-order valence-corrected chi connectivity index (χ1v) is 13.4. The fourth-order valence-electron chi connectivity index (χ4n) is 3.50. The van der Waals surface area contributed by atoms with E-state index < -0.39 is 10.0 Å². The van der Waals surface area contributed by atoms with Crippen molar-refractivity contribution in [3.63, 3.8) is 0 Å². The highest BCUT2D eigenvalue weighted by Gasteiger charge is 2.30. The summed E-state index contributed by atoms with van der Waals surface area (Å²) in [6, 6.07) is 6.42. The molecular weight excluding hydrogens is 420 g/mol. The van der Waals surface area contributed by atoms with Gasteiger partial charge < -0.3 is 9.64 Å². The van der Waals surface area contributed by atoms with Gasteiger partial charge in [-0.05, 0) is 63.5 Å². The van der Waals surface area contributed by atoms with Gasteiger partial charge in [-0.25, -0.2) is 8.42 Å². The number of nitrogens with zero attached hydrogens (tertiary/aromatic N) is 2. The van der Waals surface area contributed by atoms with E-state index in [-0.39, 0.29) is 16.1 Å². The zero-order valence-electron chi connectivity index (χ0n) is 18.5. The highest BCUT2D eigenvalue weighted by Crippen LogP contribution is 2.23. The van der Waals surface area contributed by atoms with E-state index in [1.54, 1.807) is 28.6 Å². The van der Waals surface area contributed by atoms with Crippen LogP contribution in [0.4, 0.5) is 0 Å². The van der Waals surface area contributed by atoms with Crippen molar-refractivity contribution in [3.05, 3.63) is 24.3 Å². The largest absolute Gasteiger partial charge is 0.494 e. The molecule has 0 N–H and O–H groups in total. The predicted octanol–water partition coefficient (Wildman–Crippen LogP) is 4.01. The minimum Gasteiger partial charge on any atom is -0.494 e. The van der Waals surface area contributed by atoms with Gasteiger partial charge in [0.15, 0.2) is 5.12 Å². The Morgan fingerprint density at radius 3 is 2.47 bits per heavy atom. The van der Waals surface area contributed by atoms with Crippen LogP contribution in [-0.2, 0) is 14.8 Å². The fourth-order valence-corrected chi connectivity index (χ4v) is 5.87. The first-order valence-electron chi connectivity index (χ1n) is 10.9. The van der Waals surface area contributed by atoms with Crippen LogP contribution in [0.3, 0.4) is 0 Å². The lowest BCUT2D eigenvalue weighted by Gasteiger charge is -2.32. The SMILES string of the molecule is CCCCOc1ccc(S(=O)(=O)N(CCN2CCCCC2)[C@H](C)CSC(C)=O)cc1. The maximum absolute atomic E-state index is 13.4. The number of hydrogen-bond acceptors (Lipinski definition) is 6. The zero-order chi connectivity index (χ0) is 22.0. The van der Waals surface area contributed by atoms with Crippen LogP contribution in [-0.4, -0.2) is 67.3 Å². The van der Waals surface area contributed by atoms with Crippen molar-refractivity contribution in [1.29, 1.82) is 0 Å². The van der Waals surface area contributed by atoms with Crippen LogP contribution in [0.1, 0.15) is 52.9 Å². The number of piperidine rings is 1. The number of thioether (sulfide) groups is 1. The summed E-state index contributed by atoms with van der Waals surface area (Å²) in [6.07, 6.45) is 5.60. The third-order valence-corrected chi connectivity index (χ3v) is 8.39. The summed E-state index contributed by atoms with van der Waals surface area (Å²) in [5, 5.41) is 0.00353. The van der Waals surface area contributed by atoms with E-state index in [4.69, 9.17) is 4.74 Å². The molecule has 170 valence electrons. The summed E-state index contributed by atoms with van der Waals surface area (Å²) in [4.78, 5) is 14.0. The second-order valence-electron chi connectivity index (χ2n) is 7.84. The molecule has 0 saturated carbocycles. The molecule has 30 heavy (non-hydrogen) atoms. The monoisotopic (exact) mass is 456 g/mol. The third-order valence-electron chi connectivity index (χ3n) is 5.30. The number of carbonyl (C=O) groups excluding carboxylic acids is 1. The smallest absolute Gasteiger partial charge is 0.243 e. The summed E-state index contributed by atoms with van der Waals surface area (Å²) < 4.78 is 34.1. The average Bonchev–Trinajstić information content (AvgIpc) is 2.73. The van der Waals surface area contributed by atoms with Crippen molar-refractivity contribution >= 4 is 26.9 Å². The molecule has 0 bridgehead atoms. The van der Waals surface area contributed by atoms with E-state index in [9.17, 15) is 13.2 Å². The average molecular weight is 457 g/mol. The molecular formula is C22H36N2O4S2. The molecule has 2 rings (SSSR count). The van der Waals surface area contributed by atoms with E-state index in [1.165, 1.54) is 37.9 Å². The Morgan fingerprint density at radius 2 is 1.87 bits per heavy atom. The molecule has 1 aliphatic rings. The van der Waals surface area contributed by atoms with Crippen LogP contribution in [0.15, 0.2) is 29.2 Å². The summed E-state index contributed by atoms with van der Waals surface area (Å²) in [6.45, 7) is 9.31. The van der Waals surface area contributed by atoms with Gasteiger partial charge in [0.25, 0.3) is 0 Å². The van der Waals surface area contributed by atoms with Crippen LogP contribution in [0.5, 0.6) is 5.75 Å². The fraction of sp³-hybridized carbons (Fsp3) is 0.682. The third kappa shape index (κ3) is 7.87. The zero-order valence-corrected chi connectivity index (χ0v) is 20.1. The molecule has 1 saturated heterocycles. The number of benzene rings is 1. The van der Waals surface area contributed by atoms with Gasteiger partial charge in [-0.3, -0.25) is 4.79 Å². The first kappa shape index (κ1) is 25.2. The molecule has 0 spiro atoms. The topological polar surface area (TPSA) is 66.9 Å². The van der Waals surface area contributed by atoms with Crippen molar-refractivity contribution in [3.8, 4) is 5.75 Å². The Labute approximate surface area is 186 Å². The molecule has 6 nitrogen and oxygen atoms in total. The normalized spacial score (nSPS) is 16.5. The number of ether oxygens (including phenoxy) is 1. The van der Waals surface area contributed by atoms with Crippen LogP contribution < -0.4 is 4.74 Å². The maximum atomic E-state index is 13.4. The van der Waals surface area contributed by atoms with Gasteiger partial charge in [0.1, 0.15) is 5.75 Å². The molecule has 1 aliphatic heterocycles. The summed E-state index contributed by atoms with van der Waals surface area (Å²) in [5.74, 6) is 1.13. The molecule has 0 aliphatic carbocycles. The molecule has 8 heteroatoms. The second kappa shape index (κ2) is 12.7. The molecule has 1 aromatic rings. The Balaban J connectivity index is 2.13. The second-order valence-corrected chi connectivity index (χ2v) is 10.9. The Kier molecular flexibility index (Phi) is 10.6. The van der Waals surface area contributed by atoms with Crippen molar-refractivity contribution in [2.45, 2.75) is 63.8 Å². The van der Waals surface area contributed by atoms with E-state index in [2.05, 4.69) is 11.8 Å². The lowest BCUT2D eigenvalue weighted by atomic mass is 10.1. The van der Waals surface area contributed by atoms with Gasteiger partial charge in [-0.2, -0.15) is 4.31 Å². The van der Waals surface area contributed by atoms with Gasteiger partial charge in [0, 0.05) is 31.8 Å². The molecule has 1 fully saturated rings. The molecule has 1 atom stereocenters. The number of carbonyl (C=O) groups is 1. The standard InChI is InChI=1S/C22H36N2O4S2/c1-4-5-17-28-21-9-11-22(12-10-21)30(26,27)24(19(2)18-29-20(3)25)16-15-23-13-7-6-8-14-23/h9-12,19H,4-8,13-18H2,1-3H3/t19-/m1/s1. The van der Waals surface area contributed by atoms with Crippen molar-refractivity contribution in [1.82, 2.24) is 9.21 Å². The van der Waals surface area contributed by atoms with E-state index >= 15 is 0 Å². The summed E-state index contributed by atoms with van der Waals surface area (Å²) in [5.41, 5.74) is 0. The van der Waals surface area contributed by atoms with Gasteiger partial charge in [0.2, 0.25) is 10.0 Å². The molecule has 0 radical (unpaired) electrons. The summed E-state index contributed by atoms with van der Waals surface area (Å²) >= 11 is 1.18. The van der Waals surface area contributed by atoms with Crippen LogP contribution >= 0.6 is 11.8 Å². The lowest BCUT2D eigenvalue weighted by molar-refractivity contribution is -0.109. The number of rotatable bonds is 12. The maximum Gasteiger partial charge on any atom is 0.243 e. The lowest BCUT2D eigenvalue weighted by Crippen LogP contribution is -2.45. The van der Waals surface area contributed by atoms with Gasteiger partial charge >= 0.3 is 0 Å². The summed E-state index contributed by atoms with van der Waals surface area (Å²) in [7, 11) is -3.66. The molecule has 1 heterocycles. The number of likely N-dealkylation sites (tertiary alicyclic amines) is 1.